The van der Waals surface area contributed by atoms with Gasteiger partial charge < -0.3 is 39.3 Å². The van der Waals surface area contributed by atoms with E-state index in [-0.39, 0.29) is 53.3 Å². The molecule has 15 aromatic rings. The lowest BCUT2D eigenvalue weighted by molar-refractivity contribution is -0.387. The van der Waals surface area contributed by atoms with Crippen molar-refractivity contribution < 1.29 is 77.8 Å². The molecule has 0 atom stereocenters. The average molecular weight is 1600 g/mol. The fraction of sp³-hybridized carbons (Fsp3) is 0.0964. The number of nitro benzene ring substituents is 1. The lowest BCUT2D eigenvalue weighted by Gasteiger charge is -2.10. The molecule has 0 saturated carbocycles. The molecule has 0 spiro atoms. The highest BCUT2D eigenvalue weighted by atomic mass is 32.1. The van der Waals surface area contributed by atoms with Crippen molar-refractivity contribution in [1.82, 2.24) is 66.3 Å². The lowest BCUT2D eigenvalue weighted by Crippen LogP contribution is -2.23. The molecule has 0 aliphatic carbocycles. The van der Waals surface area contributed by atoms with Gasteiger partial charge in [-0.05, 0) is 168 Å². The summed E-state index contributed by atoms with van der Waals surface area (Å²) >= 11 is 1.56. The van der Waals surface area contributed by atoms with Gasteiger partial charge in [-0.1, -0.05) is 18.2 Å². The number of H-pyrrole nitrogens is 3. The Kier molecular flexibility index (Phi) is 25.7. The largest absolute Gasteiger partial charge is 0.495 e. The number of aromatic nitrogens is 10. The molecular formula is C83H64F8N14O10S. The van der Waals surface area contributed by atoms with Crippen LogP contribution in [0.25, 0.3) is 92.2 Å². The second kappa shape index (κ2) is 37.0. The summed E-state index contributed by atoms with van der Waals surface area (Å²) in [7, 11) is 7.37. The highest BCUT2D eigenvalue weighted by molar-refractivity contribution is 7.08. The molecule has 15 rings (SSSR count). The fourth-order valence-corrected chi connectivity index (χ4v) is 12.5. The Morgan fingerprint density at radius 1 is 0.517 bits per heavy atom. The highest BCUT2D eigenvalue weighted by Gasteiger charge is 2.24. The third-order valence-corrected chi connectivity index (χ3v) is 18.2. The first-order chi connectivity index (χ1) is 56.1. The number of hydrogen-bond acceptors (Lipinski definition) is 17. The number of hydrogen-bond donors (Lipinski definition) is 6. The second-order valence-electron chi connectivity index (χ2n) is 24.8. The number of nitrogens with one attached hydrogen (secondary N) is 6. The Balaban J connectivity index is 0.000000143. The zero-order valence-electron chi connectivity index (χ0n) is 61.6. The fourth-order valence-electron chi connectivity index (χ4n) is 11.8. The van der Waals surface area contributed by atoms with Crippen LogP contribution < -0.4 is 34.9 Å². The number of benzene rings is 8. The van der Waals surface area contributed by atoms with Crippen LogP contribution in [0.15, 0.2) is 179 Å². The topological polar surface area (TPSA) is 310 Å². The highest BCUT2D eigenvalue weighted by Crippen LogP contribution is 2.37. The number of fused-ring (bicyclic) bond motifs is 4. The molecule has 33 heteroatoms. The molecule has 116 heavy (non-hydrogen) atoms. The molecule has 0 bridgehead atoms. The average Bonchev–Trinajstić information content (AvgIpc) is 1.62. The van der Waals surface area contributed by atoms with E-state index >= 15 is 0 Å². The van der Waals surface area contributed by atoms with Crippen molar-refractivity contribution in [2.45, 2.75) is 19.6 Å². The van der Waals surface area contributed by atoms with Gasteiger partial charge in [0.15, 0.2) is 11.6 Å². The summed E-state index contributed by atoms with van der Waals surface area (Å²) in [6, 6.07) is 33.9. The number of nitro groups is 1. The van der Waals surface area contributed by atoms with Crippen LogP contribution in [0.2, 0.25) is 0 Å². The third kappa shape index (κ3) is 19.0. The van der Waals surface area contributed by atoms with Crippen LogP contribution in [-0.2, 0) is 26.7 Å². The van der Waals surface area contributed by atoms with Crippen LogP contribution in [0.5, 0.6) is 23.0 Å². The molecule has 0 saturated heterocycles. The van der Waals surface area contributed by atoms with E-state index in [1.165, 1.54) is 112 Å². The Bertz CT molecular complexity index is 6050. The summed E-state index contributed by atoms with van der Waals surface area (Å²) in [4.78, 5) is 56.5. The van der Waals surface area contributed by atoms with Gasteiger partial charge in [-0.3, -0.25) is 49.5 Å². The number of carbonyl (C=O) groups excluding carboxylic acids is 3. The van der Waals surface area contributed by atoms with Crippen LogP contribution >= 0.6 is 11.3 Å². The van der Waals surface area contributed by atoms with Crippen molar-refractivity contribution in [3.8, 4) is 23.0 Å². The number of halogens is 8. The van der Waals surface area contributed by atoms with E-state index in [9.17, 15) is 59.6 Å². The minimum atomic E-state index is -0.917. The van der Waals surface area contributed by atoms with E-state index in [2.05, 4.69) is 61.6 Å². The predicted octanol–water partition coefficient (Wildman–Crippen LogP) is 17.2. The molecule has 0 fully saturated rings. The molecule has 0 unspecified atom stereocenters. The van der Waals surface area contributed by atoms with Gasteiger partial charge in [0, 0.05) is 72.2 Å². The Morgan fingerprint density at radius 3 is 1.45 bits per heavy atom. The Hall–Kier alpha value is -14.9. The molecule has 0 aliphatic heterocycles. The maximum atomic E-state index is 13.9. The molecule has 588 valence electrons. The Morgan fingerprint density at radius 2 is 1.02 bits per heavy atom. The number of thiophene rings is 1. The Labute approximate surface area is 656 Å². The van der Waals surface area contributed by atoms with E-state index in [0.717, 1.165) is 41.6 Å². The van der Waals surface area contributed by atoms with E-state index in [1.807, 2.05) is 29.0 Å². The SMILES string of the molecule is COc1c(C(=O)NCc2ccccn2)ccc2n[nH]c(/C=C/c3ccc(F)cc3F)c12.COc1c(C(=O)NCc2ccsc2)ccc2n[nH]c(/C=C/c3ccc(F)cc3F)c12.COc1c(C(=O)NCc2ncco2)ccc2n[nH]c(/C=C/c3ccc(F)cc3F)c12.COc1cc(/C=C/c2nn(C)c3cc(F)c([N+](=O)[O-])cc23)ccc1F. The molecular weight excluding hydrogens is 1540 g/mol. The summed E-state index contributed by atoms with van der Waals surface area (Å²) in [5.74, 6) is -4.88. The van der Waals surface area contributed by atoms with Gasteiger partial charge in [-0.2, -0.15) is 36.1 Å². The van der Waals surface area contributed by atoms with Crippen LogP contribution in [0.3, 0.4) is 0 Å². The standard InChI is InChI=1S/C23H18F2N4O2.C22H17F2N3O2S.C21H16F2N4O3.C17H13F2N3O3/c1-31-22-17(23(30)27-13-16-4-2-3-11-26-16)8-10-20-21(22)19(28-29-20)9-6-14-5-7-15(24)12-18(14)25;1-29-21-16(22(28)25-11-13-8-9-30-12-13)5-7-19-20(21)18(26-27-19)6-3-14-2-4-15(23)10-17(14)24;1-29-20-14(21(28)25-11-18-24-8-9-30-18)5-7-17-19(20)16(26-27-17)6-3-12-2-4-13(22)10-15(12)23;1-21-15-9-13(19)16(22(23)24)8-11(15)14(20-21)6-4-10-3-5-12(18)17(7-10)25-2/h2-12H,13H2,1H3,(H,27,30)(H,28,29);2-10,12H,11H2,1H3,(H,25,28)(H,26,27);2-10H,11H2,1H3,(H,25,28)(H,26,27);3-9H,1-2H3/b9-6+;2*6-3+;6-4+. The first-order valence-corrected chi connectivity index (χ1v) is 35.6. The van der Waals surface area contributed by atoms with Crippen LogP contribution in [0.4, 0.5) is 40.8 Å². The van der Waals surface area contributed by atoms with Crippen molar-refractivity contribution in [2.75, 3.05) is 28.4 Å². The van der Waals surface area contributed by atoms with Gasteiger partial charge >= 0.3 is 5.69 Å². The van der Waals surface area contributed by atoms with Crippen LogP contribution in [0.1, 0.15) is 93.3 Å². The molecule has 7 aromatic heterocycles. The number of aryl methyl sites for hydroxylation is 1. The molecule has 24 nitrogen and oxygen atoms in total. The lowest BCUT2D eigenvalue weighted by atomic mass is 10.1. The van der Waals surface area contributed by atoms with Crippen molar-refractivity contribution >= 4 is 127 Å². The van der Waals surface area contributed by atoms with Gasteiger partial charge in [0.05, 0.1) is 136 Å². The number of rotatable bonds is 22. The molecule has 6 N–H and O–H groups in total. The summed E-state index contributed by atoms with van der Waals surface area (Å²) in [6.07, 6.45) is 17.1. The number of carbonyl (C=O) groups is 3. The molecule has 3 amide bonds. The summed E-state index contributed by atoms with van der Waals surface area (Å²) in [5.41, 5.74) is 7.60. The molecule has 0 radical (unpaired) electrons. The smallest absolute Gasteiger partial charge is 0.305 e. The van der Waals surface area contributed by atoms with Gasteiger partial charge in [0.2, 0.25) is 11.7 Å². The number of aromatic amines is 3. The number of methoxy groups -OCH3 is 4. The predicted molar refractivity (Wildman–Crippen MR) is 422 cm³/mol. The van der Waals surface area contributed by atoms with Crippen molar-refractivity contribution in [2.24, 2.45) is 7.05 Å². The normalized spacial score (nSPS) is 11.3. The number of amides is 3. The van der Waals surface area contributed by atoms with Crippen LogP contribution in [-0.4, -0.2) is 101 Å². The summed E-state index contributed by atoms with van der Waals surface area (Å²) < 4.78 is 136. The molecule has 7 heterocycles. The zero-order valence-corrected chi connectivity index (χ0v) is 62.4. The molecule has 0 aliphatic rings. The van der Waals surface area contributed by atoms with E-state index in [0.29, 0.717) is 118 Å². The van der Waals surface area contributed by atoms with Gasteiger partial charge in [0.25, 0.3) is 17.7 Å². The van der Waals surface area contributed by atoms with E-state index < -0.39 is 57.1 Å². The zero-order chi connectivity index (χ0) is 82.1. The van der Waals surface area contributed by atoms with Gasteiger partial charge in [-0.15, -0.1) is 0 Å². The maximum Gasteiger partial charge on any atom is 0.305 e. The minimum Gasteiger partial charge on any atom is -0.495 e. The molecule has 8 aromatic carbocycles. The number of nitrogens with zero attached hydrogens (tertiary/aromatic N) is 8. The van der Waals surface area contributed by atoms with Crippen molar-refractivity contribution in [1.29, 1.82) is 0 Å². The first kappa shape index (κ1) is 80.6. The van der Waals surface area contributed by atoms with Crippen molar-refractivity contribution in [3.63, 3.8) is 0 Å². The quantitative estimate of drug-likeness (QED) is 0.0209. The second-order valence-corrected chi connectivity index (χ2v) is 25.6. The summed E-state index contributed by atoms with van der Waals surface area (Å²) in [5, 5.41) is 50.9. The third-order valence-electron chi connectivity index (χ3n) is 17.5. The van der Waals surface area contributed by atoms with Crippen LogP contribution in [0, 0.1) is 56.7 Å². The van der Waals surface area contributed by atoms with E-state index in [1.54, 1.807) is 103 Å². The number of ether oxygens (including phenoxy) is 4. The number of pyridine rings is 1. The van der Waals surface area contributed by atoms with E-state index in [4.69, 9.17) is 23.4 Å². The minimum absolute atomic E-state index is 0.103. The van der Waals surface area contributed by atoms with Gasteiger partial charge in [0.1, 0.15) is 58.4 Å². The van der Waals surface area contributed by atoms with Gasteiger partial charge in [-0.25, -0.2) is 35.7 Å². The summed E-state index contributed by atoms with van der Waals surface area (Å²) in [6.45, 7) is 0.795. The first-order valence-electron chi connectivity index (χ1n) is 34.6. The van der Waals surface area contributed by atoms with Crippen molar-refractivity contribution in [3.05, 3.63) is 311 Å². The monoisotopic (exact) mass is 1600 g/mol. The number of oxazole rings is 1. The maximum absolute atomic E-state index is 13.9.